The number of carbonyl (C=O) groups excluding carboxylic acids is 1. The highest BCUT2D eigenvalue weighted by molar-refractivity contribution is 5.97. The smallest absolute Gasteiger partial charge is 0.387 e. The minimum absolute atomic E-state index is 0.419. The highest BCUT2D eigenvalue weighted by atomic mass is 19.3. The minimum atomic E-state index is -3.26. The van der Waals surface area contributed by atoms with Gasteiger partial charge in [0, 0.05) is 6.07 Å². The second-order valence-corrected chi connectivity index (χ2v) is 4.28. The molecule has 6 nitrogen and oxygen atoms in total. The largest absolute Gasteiger partial charge is 0.479 e. The van der Waals surface area contributed by atoms with E-state index in [0.29, 0.717) is 6.07 Å². The van der Waals surface area contributed by atoms with E-state index in [2.05, 4.69) is 4.74 Å². The van der Waals surface area contributed by atoms with Crippen LogP contribution in [0.2, 0.25) is 0 Å². The zero-order valence-corrected chi connectivity index (χ0v) is 10.8. The molecule has 0 saturated heterocycles. The molecule has 21 heavy (non-hydrogen) atoms. The molecule has 0 aromatic heterocycles. The van der Waals surface area contributed by atoms with Crippen LogP contribution in [0.3, 0.4) is 0 Å². The van der Waals surface area contributed by atoms with Gasteiger partial charge in [-0.25, -0.2) is 9.18 Å². The van der Waals surface area contributed by atoms with Crippen molar-refractivity contribution in [3.63, 3.8) is 0 Å². The number of benzene rings is 1. The van der Waals surface area contributed by atoms with Gasteiger partial charge in [0.1, 0.15) is 11.6 Å². The lowest BCUT2D eigenvalue weighted by Gasteiger charge is -2.19. The molecular weight excluding hydrogens is 295 g/mol. The molecule has 0 heterocycles. The molecular formula is C12H12F3NO5. The summed E-state index contributed by atoms with van der Waals surface area (Å²) in [6, 6.07) is 2.34. The van der Waals surface area contributed by atoms with Gasteiger partial charge in [0.25, 0.3) is 5.91 Å². The molecule has 1 rings (SSSR count). The summed E-state index contributed by atoms with van der Waals surface area (Å²) in [6.07, 6.45) is 0. The number of hydrogen-bond acceptors (Lipinski definition) is 4. The van der Waals surface area contributed by atoms with Crippen molar-refractivity contribution >= 4 is 11.9 Å². The van der Waals surface area contributed by atoms with Gasteiger partial charge >= 0.3 is 12.6 Å². The Kier molecular flexibility index (Phi) is 5.14. The lowest BCUT2D eigenvalue weighted by molar-refractivity contribution is -0.155. The number of aliphatic hydroxyl groups is 1. The van der Waals surface area contributed by atoms with Crippen LogP contribution >= 0.6 is 0 Å². The van der Waals surface area contributed by atoms with E-state index in [1.165, 1.54) is 0 Å². The predicted molar refractivity (Wildman–Crippen MR) is 63.6 cm³/mol. The van der Waals surface area contributed by atoms with Crippen molar-refractivity contribution in [1.82, 2.24) is 5.32 Å². The standard InChI is InChI=1S/C12H12F3NO5/c1-12(20,10(18)19)5-16-9(17)7-3-2-6(13)4-8(7)21-11(14)15/h2-4,11,20H,5H2,1H3,(H,16,17)(H,18,19). The average Bonchev–Trinajstić information content (AvgIpc) is 2.35. The molecule has 1 atom stereocenters. The molecule has 0 saturated carbocycles. The normalized spacial score (nSPS) is 13.6. The fraction of sp³-hybridized carbons (Fsp3) is 0.333. The first kappa shape index (κ1) is 16.8. The van der Waals surface area contributed by atoms with E-state index < -0.39 is 47.8 Å². The number of nitrogens with one attached hydrogen (secondary N) is 1. The lowest BCUT2D eigenvalue weighted by Crippen LogP contribution is -2.46. The van der Waals surface area contributed by atoms with Crippen molar-refractivity contribution in [2.45, 2.75) is 19.1 Å². The fourth-order valence-electron chi connectivity index (χ4n) is 1.30. The Morgan fingerprint density at radius 2 is 2.05 bits per heavy atom. The van der Waals surface area contributed by atoms with Gasteiger partial charge in [-0.3, -0.25) is 4.79 Å². The molecule has 0 aliphatic carbocycles. The van der Waals surface area contributed by atoms with Gasteiger partial charge < -0.3 is 20.3 Å². The zero-order chi connectivity index (χ0) is 16.2. The van der Waals surface area contributed by atoms with Crippen molar-refractivity contribution in [2.24, 2.45) is 0 Å². The van der Waals surface area contributed by atoms with Crippen LogP contribution in [0.4, 0.5) is 13.2 Å². The molecule has 0 bridgehead atoms. The Hall–Kier alpha value is -2.29. The van der Waals surface area contributed by atoms with Crippen LogP contribution in [0.5, 0.6) is 5.75 Å². The summed E-state index contributed by atoms with van der Waals surface area (Å²) in [5.74, 6) is -4.16. The Morgan fingerprint density at radius 3 is 2.57 bits per heavy atom. The molecule has 3 N–H and O–H groups in total. The number of hydrogen-bond donors (Lipinski definition) is 3. The van der Waals surface area contributed by atoms with Crippen LogP contribution in [0, 0.1) is 5.82 Å². The molecule has 9 heteroatoms. The molecule has 1 aromatic carbocycles. The first-order valence-electron chi connectivity index (χ1n) is 5.62. The SMILES string of the molecule is CC(O)(CNC(=O)c1ccc(F)cc1OC(F)F)C(=O)O. The Morgan fingerprint density at radius 1 is 1.43 bits per heavy atom. The molecule has 0 aliphatic rings. The maximum Gasteiger partial charge on any atom is 0.387 e. The number of carbonyl (C=O) groups is 2. The van der Waals surface area contributed by atoms with E-state index in [-0.39, 0.29) is 0 Å². The van der Waals surface area contributed by atoms with Crippen molar-refractivity contribution in [1.29, 1.82) is 0 Å². The highest BCUT2D eigenvalue weighted by Gasteiger charge is 2.30. The number of halogens is 3. The van der Waals surface area contributed by atoms with Gasteiger partial charge in [0.2, 0.25) is 0 Å². The molecule has 0 spiro atoms. The Balaban J connectivity index is 2.90. The van der Waals surface area contributed by atoms with E-state index in [4.69, 9.17) is 5.11 Å². The zero-order valence-electron chi connectivity index (χ0n) is 10.8. The third kappa shape index (κ3) is 4.63. The van der Waals surface area contributed by atoms with E-state index in [9.17, 15) is 27.9 Å². The fourth-order valence-corrected chi connectivity index (χ4v) is 1.30. The van der Waals surface area contributed by atoms with Crippen LogP contribution in [0.15, 0.2) is 18.2 Å². The number of aliphatic carboxylic acids is 1. The summed E-state index contributed by atoms with van der Waals surface area (Å²) in [4.78, 5) is 22.4. The van der Waals surface area contributed by atoms with Crippen LogP contribution < -0.4 is 10.1 Å². The third-order valence-electron chi connectivity index (χ3n) is 2.46. The Bertz CT molecular complexity index is 548. The van der Waals surface area contributed by atoms with E-state index >= 15 is 0 Å². The highest BCUT2D eigenvalue weighted by Crippen LogP contribution is 2.22. The van der Waals surface area contributed by atoms with Crippen molar-refractivity contribution in [3.05, 3.63) is 29.6 Å². The van der Waals surface area contributed by atoms with Crippen molar-refractivity contribution in [3.8, 4) is 5.75 Å². The van der Waals surface area contributed by atoms with Gasteiger partial charge in [-0.1, -0.05) is 0 Å². The van der Waals surface area contributed by atoms with Crippen LogP contribution in [-0.2, 0) is 4.79 Å². The van der Waals surface area contributed by atoms with Crippen LogP contribution in [-0.4, -0.2) is 40.8 Å². The number of amides is 1. The second-order valence-electron chi connectivity index (χ2n) is 4.28. The number of carboxylic acid groups (broad SMARTS) is 1. The van der Waals surface area contributed by atoms with E-state index in [0.717, 1.165) is 19.1 Å². The first-order chi connectivity index (χ1) is 9.63. The molecule has 0 aliphatic heterocycles. The number of ether oxygens (including phenoxy) is 1. The summed E-state index contributed by atoms with van der Waals surface area (Å²) in [5, 5.41) is 20.1. The molecule has 0 fully saturated rings. The first-order valence-corrected chi connectivity index (χ1v) is 5.62. The summed E-state index contributed by atoms with van der Waals surface area (Å²) in [5.41, 5.74) is -2.66. The number of rotatable bonds is 6. The lowest BCUT2D eigenvalue weighted by atomic mass is 10.1. The molecule has 1 unspecified atom stereocenters. The second kappa shape index (κ2) is 6.44. The summed E-state index contributed by atoms with van der Waals surface area (Å²) in [6.45, 7) is -3.00. The average molecular weight is 307 g/mol. The quantitative estimate of drug-likeness (QED) is 0.728. The molecule has 116 valence electrons. The number of carboxylic acids is 1. The molecule has 1 amide bonds. The van der Waals surface area contributed by atoms with Gasteiger partial charge in [-0.15, -0.1) is 0 Å². The molecule has 0 radical (unpaired) electrons. The van der Waals surface area contributed by atoms with Gasteiger partial charge in [0.05, 0.1) is 12.1 Å². The predicted octanol–water partition coefficient (Wildman–Crippen LogP) is 0.993. The van der Waals surface area contributed by atoms with Crippen molar-refractivity contribution in [2.75, 3.05) is 6.54 Å². The van der Waals surface area contributed by atoms with E-state index in [1.54, 1.807) is 0 Å². The Labute approximate surface area is 117 Å². The van der Waals surface area contributed by atoms with Gasteiger partial charge in [-0.05, 0) is 19.1 Å². The minimum Gasteiger partial charge on any atom is -0.479 e. The summed E-state index contributed by atoms with van der Waals surface area (Å²) in [7, 11) is 0. The topological polar surface area (TPSA) is 95.9 Å². The number of alkyl halides is 2. The third-order valence-corrected chi connectivity index (χ3v) is 2.46. The molecule has 1 aromatic rings. The summed E-state index contributed by atoms with van der Waals surface area (Å²) >= 11 is 0. The summed E-state index contributed by atoms with van der Waals surface area (Å²) < 4.78 is 41.3. The monoisotopic (exact) mass is 307 g/mol. The maximum atomic E-state index is 13.0. The maximum absolute atomic E-state index is 13.0. The van der Waals surface area contributed by atoms with E-state index in [1.807, 2.05) is 5.32 Å². The van der Waals surface area contributed by atoms with Crippen LogP contribution in [0.25, 0.3) is 0 Å². The van der Waals surface area contributed by atoms with Gasteiger partial charge in [-0.2, -0.15) is 8.78 Å². The van der Waals surface area contributed by atoms with Crippen LogP contribution in [0.1, 0.15) is 17.3 Å². The van der Waals surface area contributed by atoms with Crippen molar-refractivity contribution < 1.29 is 37.7 Å². The van der Waals surface area contributed by atoms with Gasteiger partial charge in [0.15, 0.2) is 5.60 Å².